The van der Waals surface area contributed by atoms with Crippen LogP contribution in [0.25, 0.3) is 0 Å². The number of carbonyl (C=O) groups excluding carboxylic acids is 1. The molecule has 0 atom stereocenters. The van der Waals surface area contributed by atoms with E-state index in [1.165, 1.54) is 18.2 Å². The molecule has 0 saturated heterocycles. The number of hydrogen-bond donors (Lipinski definition) is 2. The Hall–Kier alpha value is -2.71. The van der Waals surface area contributed by atoms with Crippen molar-refractivity contribution in [3.63, 3.8) is 0 Å². The fourth-order valence-electron chi connectivity index (χ4n) is 2.22. The molecule has 1 heterocycles. The van der Waals surface area contributed by atoms with Crippen molar-refractivity contribution in [3.05, 3.63) is 81.0 Å². The zero-order valence-electron chi connectivity index (χ0n) is 13.9. The number of aromatic amines is 1. The number of thioether (sulfide) groups is 1. The molecule has 0 aliphatic heterocycles. The summed E-state index contributed by atoms with van der Waals surface area (Å²) in [7, 11) is 0. The van der Waals surface area contributed by atoms with Crippen molar-refractivity contribution in [2.45, 2.75) is 11.6 Å². The van der Waals surface area contributed by atoms with E-state index in [0.717, 1.165) is 17.3 Å². The lowest BCUT2D eigenvalue weighted by Crippen LogP contribution is -2.19. The number of rotatable bonds is 6. The summed E-state index contributed by atoms with van der Waals surface area (Å²) in [5.41, 5.74) is 1.29. The maximum absolute atomic E-state index is 13.1. The summed E-state index contributed by atoms with van der Waals surface area (Å²) in [5.74, 6) is -0.913. The van der Waals surface area contributed by atoms with Gasteiger partial charge >= 0.3 is 0 Å². The fourth-order valence-corrected chi connectivity index (χ4v) is 3.00. The minimum atomic E-state index is -0.563. The zero-order valence-corrected chi connectivity index (χ0v) is 15.5. The lowest BCUT2D eigenvalue weighted by molar-refractivity contribution is -0.113. The van der Waals surface area contributed by atoms with Crippen molar-refractivity contribution in [2.75, 3.05) is 11.1 Å². The molecule has 27 heavy (non-hydrogen) atoms. The Bertz CT molecular complexity index is 1010. The highest BCUT2D eigenvalue weighted by Crippen LogP contribution is 2.20. The molecule has 9 heteroatoms. The van der Waals surface area contributed by atoms with Gasteiger partial charge in [-0.3, -0.25) is 14.6 Å². The monoisotopic (exact) mass is 404 g/mol. The van der Waals surface area contributed by atoms with Crippen LogP contribution in [0.3, 0.4) is 0 Å². The Morgan fingerprint density at radius 1 is 1.19 bits per heavy atom. The molecule has 0 unspecified atom stereocenters. The van der Waals surface area contributed by atoms with E-state index in [9.17, 15) is 14.0 Å². The van der Waals surface area contributed by atoms with Gasteiger partial charge in [-0.25, -0.2) is 4.39 Å². The van der Waals surface area contributed by atoms with Crippen LogP contribution in [-0.4, -0.2) is 26.8 Å². The van der Waals surface area contributed by atoms with E-state index in [-0.39, 0.29) is 27.4 Å². The number of nitrogens with one attached hydrogen (secondary N) is 2. The van der Waals surface area contributed by atoms with Crippen molar-refractivity contribution in [1.82, 2.24) is 15.2 Å². The van der Waals surface area contributed by atoms with Crippen LogP contribution >= 0.6 is 23.4 Å². The van der Waals surface area contributed by atoms with Gasteiger partial charge in [0.2, 0.25) is 5.91 Å². The van der Waals surface area contributed by atoms with Crippen LogP contribution in [0.4, 0.5) is 10.1 Å². The van der Waals surface area contributed by atoms with Crippen LogP contribution in [0.15, 0.2) is 58.5 Å². The van der Waals surface area contributed by atoms with Gasteiger partial charge in [-0.1, -0.05) is 53.7 Å². The molecule has 1 aromatic heterocycles. The topological polar surface area (TPSA) is 87.7 Å². The third kappa shape index (κ3) is 5.38. The van der Waals surface area contributed by atoms with Gasteiger partial charge in [0.1, 0.15) is 11.5 Å². The molecule has 0 radical (unpaired) electrons. The minimum Gasteiger partial charge on any atom is -0.325 e. The average molecular weight is 405 g/mol. The molecule has 0 aliphatic carbocycles. The highest BCUT2D eigenvalue weighted by molar-refractivity contribution is 7.99. The van der Waals surface area contributed by atoms with Gasteiger partial charge in [-0.05, 0) is 23.8 Å². The van der Waals surface area contributed by atoms with Crippen molar-refractivity contribution in [2.24, 2.45) is 0 Å². The quantitative estimate of drug-likeness (QED) is 0.615. The number of benzene rings is 2. The van der Waals surface area contributed by atoms with E-state index < -0.39 is 5.82 Å². The first-order chi connectivity index (χ1) is 13.0. The number of H-pyrrole nitrogens is 1. The van der Waals surface area contributed by atoms with E-state index >= 15 is 0 Å². The molecule has 0 spiro atoms. The maximum atomic E-state index is 13.1. The molecule has 3 rings (SSSR count). The lowest BCUT2D eigenvalue weighted by Gasteiger charge is -2.06. The summed E-state index contributed by atoms with van der Waals surface area (Å²) in [6.07, 6.45) is 0.375. The van der Waals surface area contributed by atoms with Crippen molar-refractivity contribution in [3.8, 4) is 0 Å². The normalized spacial score (nSPS) is 10.6. The highest BCUT2D eigenvalue weighted by Gasteiger charge is 2.10. The van der Waals surface area contributed by atoms with Crippen LogP contribution < -0.4 is 10.9 Å². The van der Waals surface area contributed by atoms with E-state index in [1.807, 2.05) is 30.3 Å². The second kappa shape index (κ2) is 8.79. The zero-order chi connectivity index (χ0) is 19.2. The predicted molar refractivity (Wildman–Crippen MR) is 103 cm³/mol. The van der Waals surface area contributed by atoms with Crippen molar-refractivity contribution < 1.29 is 9.18 Å². The van der Waals surface area contributed by atoms with E-state index in [0.29, 0.717) is 17.8 Å². The smallest absolute Gasteiger partial charge is 0.273 e. The lowest BCUT2D eigenvalue weighted by atomic mass is 10.1. The first kappa shape index (κ1) is 19.1. The van der Waals surface area contributed by atoms with Gasteiger partial charge in [0.15, 0.2) is 5.16 Å². The molecule has 138 valence electrons. The molecule has 1 amide bonds. The van der Waals surface area contributed by atoms with Crippen molar-refractivity contribution >= 4 is 35.0 Å². The number of aromatic nitrogens is 3. The maximum Gasteiger partial charge on any atom is 0.273 e. The molecular formula is C18H14ClFN4O2S. The number of carbonyl (C=O) groups is 1. The summed E-state index contributed by atoms with van der Waals surface area (Å²) in [4.78, 5) is 26.7. The Kier molecular flexibility index (Phi) is 6.20. The number of hydrogen-bond acceptors (Lipinski definition) is 5. The van der Waals surface area contributed by atoms with Crippen LogP contribution in [0.5, 0.6) is 0 Å². The molecule has 6 nitrogen and oxygen atoms in total. The van der Waals surface area contributed by atoms with E-state index in [2.05, 4.69) is 20.5 Å². The number of nitrogens with zero attached hydrogens (tertiary/aromatic N) is 2. The minimum absolute atomic E-state index is 0.00233. The third-order valence-corrected chi connectivity index (χ3v) is 4.66. The van der Waals surface area contributed by atoms with E-state index in [1.54, 1.807) is 0 Å². The number of amides is 1. The molecule has 0 bridgehead atoms. The second-order valence-corrected chi connectivity index (χ2v) is 6.91. The van der Waals surface area contributed by atoms with Crippen LogP contribution in [-0.2, 0) is 11.2 Å². The number of halogens is 2. The summed E-state index contributed by atoms with van der Waals surface area (Å²) >= 11 is 6.71. The second-order valence-electron chi connectivity index (χ2n) is 5.53. The van der Waals surface area contributed by atoms with Crippen molar-refractivity contribution in [1.29, 1.82) is 0 Å². The molecule has 2 N–H and O–H groups in total. The predicted octanol–water partition coefficient (Wildman–Crippen LogP) is 3.28. The first-order valence-electron chi connectivity index (χ1n) is 7.89. The van der Waals surface area contributed by atoms with Gasteiger partial charge in [-0.15, -0.1) is 10.2 Å². The van der Waals surface area contributed by atoms with E-state index in [4.69, 9.17) is 11.6 Å². The molecular weight excluding hydrogens is 391 g/mol. The van der Waals surface area contributed by atoms with Gasteiger partial charge < -0.3 is 5.32 Å². The van der Waals surface area contributed by atoms with Crippen LogP contribution in [0, 0.1) is 5.82 Å². The summed E-state index contributed by atoms with van der Waals surface area (Å²) in [6, 6.07) is 13.3. The van der Waals surface area contributed by atoms with Gasteiger partial charge in [-0.2, -0.15) is 0 Å². The number of anilines is 1. The largest absolute Gasteiger partial charge is 0.325 e. The molecule has 3 aromatic rings. The van der Waals surface area contributed by atoms with Gasteiger partial charge in [0.05, 0.1) is 10.8 Å². The molecule has 2 aromatic carbocycles. The molecule has 0 aliphatic rings. The fraction of sp³-hybridized carbons (Fsp3) is 0.111. The van der Waals surface area contributed by atoms with Crippen LogP contribution in [0.1, 0.15) is 11.3 Å². The SMILES string of the molecule is O=C(CSc1nnc(Cc2ccccc2)c(=O)[nH]1)Nc1ccc(F)c(Cl)c1. The Morgan fingerprint density at radius 3 is 2.67 bits per heavy atom. The Labute approximate surface area is 163 Å². The first-order valence-corrected chi connectivity index (χ1v) is 9.25. The average Bonchev–Trinajstić information content (AvgIpc) is 2.66. The standard InChI is InChI=1S/C18H14ClFN4O2S/c19-13-9-12(6-7-14(13)20)21-16(25)10-27-18-22-17(26)15(23-24-18)8-11-4-2-1-3-5-11/h1-7,9H,8,10H2,(H,21,25)(H,22,24,26). The highest BCUT2D eigenvalue weighted by atomic mass is 35.5. The molecule has 0 fully saturated rings. The third-order valence-electron chi connectivity index (χ3n) is 3.50. The Morgan fingerprint density at radius 2 is 1.96 bits per heavy atom. The molecule has 0 saturated carbocycles. The van der Waals surface area contributed by atoms with Gasteiger partial charge in [0, 0.05) is 12.1 Å². The summed E-state index contributed by atoms with van der Waals surface area (Å²) < 4.78 is 13.1. The summed E-state index contributed by atoms with van der Waals surface area (Å²) in [5, 5.41) is 10.6. The Balaban J connectivity index is 1.57. The summed E-state index contributed by atoms with van der Waals surface area (Å²) in [6.45, 7) is 0. The van der Waals surface area contributed by atoms with Crippen LogP contribution in [0.2, 0.25) is 5.02 Å². The van der Waals surface area contributed by atoms with Gasteiger partial charge in [0.25, 0.3) is 5.56 Å².